The lowest BCUT2D eigenvalue weighted by Crippen LogP contribution is -2.02. The molecule has 0 saturated heterocycles. The SMILES string of the molecule is CCOc1ccc(NCc2cc(Br)ccc2OC)cn1. The number of hydrogen-bond acceptors (Lipinski definition) is 4. The van der Waals surface area contributed by atoms with Gasteiger partial charge in [-0.2, -0.15) is 0 Å². The second-order valence-electron chi connectivity index (χ2n) is 4.13. The van der Waals surface area contributed by atoms with Crippen LogP contribution in [0.2, 0.25) is 0 Å². The highest BCUT2D eigenvalue weighted by molar-refractivity contribution is 9.10. The summed E-state index contributed by atoms with van der Waals surface area (Å²) in [6, 6.07) is 9.73. The van der Waals surface area contributed by atoms with Crippen molar-refractivity contribution in [3.05, 3.63) is 46.6 Å². The van der Waals surface area contributed by atoms with Gasteiger partial charge >= 0.3 is 0 Å². The molecule has 0 saturated carbocycles. The Morgan fingerprint density at radius 1 is 1.25 bits per heavy atom. The predicted octanol–water partition coefficient (Wildman–Crippen LogP) is 3.86. The van der Waals surface area contributed by atoms with Gasteiger partial charge in [0, 0.05) is 22.6 Å². The van der Waals surface area contributed by atoms with Gasteiger partial charge in [0.15, 0.2) is 0 Å². The zero-order valence-electron chi connectivity index (χ0n) is 11.5. The number of benzene rings is 1. The minimum atomic E-state index is 0.620. The monoisotopic (exact) mass is 336 g/mol. The number of nitrogens with one attached hydrogen (secondary N) is 1. The maximum Gasteiger partial charge on any atom is 0.213 e. The van der Waals surface area contributed by atoms with Gasteiger partial charge in [-0.05, 0) is 31.2 Å². The standard InChI is InChI=1S/C15H17BrN2O2/c1-3-20-15-7-5-13(10-18-15)17-9-11-8-12(16)4-6-14(11)19-2/h4-8,10,17H,3,9H2,1-2H3. The lowest BCUT2D eigenvalue weighted by Gasteiger charge is -2.11. The normalized spacial score (nSPS) is 10.2. The summed E-state index contributed by atoms with van der Waals surface area (Å²) in [6.07, 6.45) is 1.76. The molecule has 0 atom stereocenters. The van der Waals surface area contributed by atoms with Crippen molar-refractivity contribution in [2.24, 2.45) is 0 Å². The van der Waals surface area contributed by atoms with E-state index >= 15 is 0 Å². The fraction of sp³-hybridized carbons (Fsp3) is 0.267. The van der Waals surface area contributed by atoms with Crippen LogP contribution < -0.4 is 14.8 Å². The van der Waals surface area contributed by atoms with Crippen LogP contribution in [0, 0.1) is 0 Å². The van der Waals surface area contributed by atoms with E-state index in [1.165, 1.54) is 0 Å². The molecule has 20 heavy (non-hydrogen) atoms. The highest BCUT2D eigenvalue weighted by atomic mass is 79.9. The van der Waals surface area contributed by atoms with E-state index in [1.54, 1.807) is 13.3 Å². The van der Waals surface area contributed by atoms with Crippen molar-refractivity contribution < 1.29 is 9.47 Å². The van der Waals surface area contributed by atoms with Gasteiger partial charge in [0.05, 0.1) is 25.6 Å². The molecule has 0 fully saturated rings. The van der Waals surface area contributed by atoms with Crippen LogP contribution in [-0.4, -0.2) is 18.7 Å². The number of ether oxygens (including phenoxy) is 2. The highest BCUT2D eigenvalue weighted by Gasteiger charge is 2.04. The second kappa shape index (κ2) is 7.14. The summed E-state index contributed by atoms with van der Waals surface area (Å²) >= 11 is 3.47. The number of hydrogen-bond donors (Lipinski definition) is 1. The second-order valence-corrected chi connectivity index (χ2v) is 5.04. The summed E-state index contributed by atoms with van der Waals surface area (Å²) in [7, 11) is 1.67. The van der Waals surface area contributed by atoms with Crippen LogP contribution in [-0.2, 0) is 6.54 Å². The van der Waals surface area contributed by atoms with E-state index in [1.807, 2.05) is 37.3 Å². The topological polar surface area (TPSA) is 43.4 Å². The number of anilines is 1. The quantitative estimate of drug-likeness (QED) is 0.869. The predicted molar refractivity (Wildman–Crippen MR) is 83.4 cm³/mol. The molecule has 0 aliphatic heterocycles. The first-order chi connectivity index (χ1) is 9.72. The van der Waals surface area contributed by atoms with Gasteiger partial charge in [-0.3, -0.25) is 0 Å². The van der Waals surface area contributed by atoms with Crippen molar-refractivity contribution in [1.82, 2.24) is 4.98 Å². The summed E-state index contributed by atoms with van der Waals surface area (Å²) in [4.78, 5) is 4.22. The van der Waals surface area contributed by atoms with Gasteiger partial charge in [-0.25, -0.2) is 4.98 Å². The third kappa shape index (κ3) is 3.87. The van der Waals surface area contributed by atoms with E-state index in [4.69, 9.17) is 9.47 Å². The largest absolute Gasteiger partial charge is 0.496 e. The summed E-state index contributed by atoms with van der Waals surface area (Å²) < 4.78 is 11.7. The zero-order valence-corrected chi connectivity index (χ0v) is 13.1. The molecule has 0 aliphatic carbocycles. The molecule has 0 aliphatic rings. The maximum absolute atomic E-state index is 5.34. The van der Waals surface area contributed by atoms with Crippen LogP contribution in [0.25, 0.3) is 0 Å². The van der Waals surface area contributed by atoms with Crippen LogP contribution in [0.1, 0.15) is 12.5 Å². The van der Waals surface area contributed by atoms with Crippen LogP contribution >= 0.6 is 15.9 Å². The molecule has 0 bridgehead atoms. The number of pyridine rings is 1. The number of nitrogens with zero attached hydrogens (tertiary/aromatic N) is 1. The van der Waals surface area contributed by atoms with Crippen molar-refractivity contribution in [1.29, 1.82) is 0 Å². The van der Waals surface area contributed by atoms with Crippen molar-refractivity contribution in [2.75, 3.05) is 19.0 Å². The molecule has 1 heterocycles. The lowest BCUT2D eigenvalue weighted by molar-refractivity contribution is 0.327. The number of rotatable bonds is 6. The van der Waals surface area contributed by atoms with Gasteiger partial charge < -0.3 is 14.8 Å². The molecular weight excluding hydrogens is 320 g/mol. The van der Waals surface area contributed by atoms with Crippen LogP contribution in [0.4, 0.5) is 5.69 Å². The Morgan fingerprint density at radius 2 is 2.10 bits per heavy atom. The van der Waals surface area contributed by atoms with Crippen molar-refractivity contribution >= 4 is 21.6 Å². The minimum Gasteiger partial charge on any atom is -0.496 e. The molecule has 0 spiro atoms. The van der Waals surface area contributed by atoms with E-state index in [-0.39, 0.29) is 0 Å². The Kier molecular flexibility index (Phi) is 5.24. The molecular formula is C15H17BrN2O2. The van der Waals surface area contributed by atoms with Crippen molar-refractivity contribution in [3.63, 3.8) is 0 Å². The van der Waals surface area contributed by atoms with E-state index in [0.717, 1.165) is 21.5 Å². The summed E-state index contributed by atoms with van der Waals surface area (Å²) in [5.41, 5.74) is 2.02. The average Bonchev–Trinajstić information content (AvgIpc) is 2.47. The van der Waals surface area contributed by atoms with Crippen LogP contribution in [0.5, 0.6) is 11.6 Å². The first kappa shape index (κ1) is 14.7. The Morgan fingerprint density at radius 3 is 2.75 bits per heavy atom. The van der Waals surface area contributed by atoms with Gasteiger partial charge in [-0.1, -0.05) is 15.9 Å². The van der Waals surface area contributed by atoms with Gasteiger partial charge in [-0.15, -0.1) is 0 Å². The molecule has 1 aromatic carbocycles. The minimum absolute atomic E-state index is 0.620. The first-order valence-corrected chi connectivity index (χ1v) is 7.17. The third-order valence-electron chi connectivity index (χ3n) is 2.75. The smallest absolute Gasteiger partial charge is 0.213 e. The number of aromatic nitrogens is 1. The Labute approximate surface area is 127 Å². The van der Waals surface area contributed by atoms with E-state index in [2.05, 4.69) is 26.2 Å². The molecule has 0 radical (unpaired) electrons. The third-order valence-corrected chi connectivity index (χ3v) is 3.25. The highest BCUT2D eigenvalue weighted by Crippen LogP contribution is 2.24. The summed E-state index contributed by atoms with van der Waals surface area (Å²) in [5, 5.41) is 3.31. The average molecular weight is 337 g/mol. The van der Waals surface area contributed by atoms with Gasteiger partial charge in [0.25, 0.3) is 0 Å². The fourth-order valence-corrected chi connectivity index (χ4v) is 2.21. The van der Waals surface area contributed by atoms with E-state index in [0.29, 0.717) is 19.0 Å². The van der Waals surface area contributed by atoms with Crippen LogP contribution in [0.3, 0.4) is 0 Å². The Balaban J connectivity index is 2.02. The number of methoxy groups -OCH3 is 1. The summed E-state index contributed by atoms with van der Waals surface area (Å²) in [5.74, 6) is 1.50. The lowest BCUT2D eigenvalue weighted by atomic mass is 10.2. The first-order valence-electron chi connectivity index (χ1n) is 6.38. The van der Waals surface area contributed by atoms with Crippen LogP contribution in [0.15, 0.2) is 41.0 Å². The maximum atomic E-state index is 5.34. The fourth-order valence-electron chi connectivity index (χ4n) is 1.80. The Hall–Kier alpha value is -1.75. The molecule has 2 aromatic rings. The van der Waals surface area contributed by atoms with E-state index < -0.39 is 0 Å². The summed E-state index contributed by atoms with van der Waals surface area (Å²) in [6.45, 7) is 3.22. The molecule has 4 nitrogen and oxygen atoms in total. The molecule has 1 aromatic heterocycles. The molecule has 106 valence electrons. The van der Waals surface area contributed by atoms with Gasteiger partial charge in [0.1, 0.15) is 5.75 Å². The van der Waals surface area contributed by atoms with Crippen molar-refractivity contribution in [2.45, 2.75) is 13.5 Å². The van der Waals surface area contributed by atoms with E-state index in [9.17, 15) is 0 Å². The molecule has 0 unspecified atom stereocenters. The zero-order chi connectivity index (χ0) is 14.4. The molecule has 5 heteroatoms. The molecule has 0 amide bonds. The molecule has 1 N–H and O–H groups in total. The Bertz CT molecular complexity index is 558. The van der Waals surface area contributed by atoms with Gasteiger partial charge in [0.2, 0.25) is 5.88 Å². The van der Waals surface area contributed by atoms with Crippen molar-refractivity contribution in [3.8, 4) is 11.6 Å². The molecule has 2 rings (SSSR count). The number of halogens is 1.